The van der Waals surface area contributed by atoms with Gasteiger partial charge >= 0.3 is 0 Å². The minimum Gasteiger partial charge on any atom is -0.367 e. The molecule has 5 nitrogen and oxygen atoms in total. The quantitative estimate of drug-likeness (QED) is 0.481. The first-order chi connectivity index (χ1) is 8.15. The van der Waals surface area contributed by atoms with E-state index in [4.69, 9.17) is 27.6 Å². The van der Waals surface area contributed by atoms with Crippen LogP contribution in [0, 0.1) is 5.41 Å². The van der Waals surface area contributed by atoms with Crippen molar-refractivity contribution in [3.63, 3.8) is 0 Å². The zero-order valence-corrected chi connectivity index (χ0v) is 10.3. The fourth-order valence-electron chi connectivity index (χ4n) is 1.04. The maximum absolute atomic E-state index is 7.28. The summed E-state index contributed by atoms with van der Waals surface area (Å²) in [4.78, 5) is 5.16. The summed E-state index contributed by atoms with van der Waals surface area (Å²) < 4.78 is 0. The monoisotopic (exact) mass is 254 g/mol. The first-order valence-corrected chi connectivity index (χ1v) is 5.58. The Morgan fingerprint density at radius 1 is 1.59 bits per heavy atom. The topological polar surface area (TPSA) is 74.7 Å². The van der Waals surface area contributed by atoms with Crippen molar-refractivity contribution in [1.29, 1.82) is 5.41 Å². The van der Waals surface area contributed by atoms with Gasteiger partial charge in [-0.2, -0.15) is 5.10 Å². The van der Waals surface area contributed by atoms with Gasteiger partial charge in [-0.3, -0.25) is 5.41 Å². The summed E-state index contributed by atoms with van der Waals surface area (Å²) in [6, 6.07) is 7.24. The Bertz CT molecular complexity index is 408. The summed E-state index contributed by atoms with van der Waals surface area (Å²) in [6.07, 6.45) is 2.31. The zero-order chi connectivity index (χ0) is 12.7. The molecule has 0 radical (unpaired) electrons. The molecule has 1 aromatic rings. The largest absolute Gasteiger partial charge is 0.367 e. The molecule has 0 atom stereocenters. The van der Waals surface area contributed by atoms with Gasteiger partial charge in [0.1, 0.15) is 0 Å². The lowest BCUT2D eigenvalue weighted by atomic mass is 10.2. The molecular formula is C11H15ClN4O. The zero-order valence-electron chi connectivity index (χ0n) is 9.56. The lowest BCUT2D eigenvalue weighted by Gasteiger charge is -2.14. The Labute approximate surface area is 105 Å². The number of nitrogens with two attached hydrogens (primary N) is 1. The van der Waals surface area contributed by atoms with Crippen LogP contribution in [0.2, 0.25) is 5.02 Å². The minimum absolute atomic E-state index is 0.276. The van der Waals surface area contributed by atoms with Gasteiger partial charge in [-0.25, -0.2) is 4.84 Å². The Hall–Kier alpha value is -1.59. The molecule has 1 aromatic carbocycles. The lowest BCUT2D eigenvalue weighted by Crippen LogP contribution is -2.32. The van der Waals surface area contributed by atoms with E-state index in [0.29, 0.717) is 11.6 Å². The van der Waals surface area contributed by atoms with Crippen molar-refractivity contribution in [3.05, 3.63) is 34.9 Å². The normalized spacial score (nSPS) is 10.7. The van der Waals surface area contributed by atoms with Crippen molar-refractivity contribution in [3.8, 4) is 0 Å². The van der Waals surface area contributed by atoms with Crippen molar-refractivity contribution in [2.45, 2.75) is 13.3 Å². The summed E-state index contributed by atoms with van der Waals surface area (Å²) in [7, 11) is 0. The molecule has 0 aliphatic carbocycles. The van der Waals surface area contributed by atoms with Gasteiger partial charge in [0, 0.05) is 10.6 Å². The molecule has 17 heavy (non-hydrogen) atoms. The number of halogens is 1. The maximum Gasteiger partial charge on any atom is 0.236 e. The highest BCUT2D eigenvalue weighted by Crippen LogP contribution is 2.12. The molecule has 0 saturated carbocycles. The second-order valence-corrected chi connectivity index (χ2v) is 3.66. The number of nitrogens with one attached hydrogen (secondary N) is 1. The number of nitrogens with zero attached hydrogens (tertiary/aromatic N) is 2. The van der Waals surface area contributed by atoms with E-state index in [1.165, 1.54) is 6.21 Å². The Balaban J connectivity index is 2.72. The van der Waals surface area contributed by atoms with Crippen LogP contribution in [0.1, 0.15) is 18.9 Å². The van der Waals surface area contributed by atoms with Crippen molar-refractivity contribution < 1.29 is 4.84 Å². The molecular weight excluding hydrogens is 240 g/mol. The van der Waals surface area contributed by atoms with Crippen LogP contribution in [0.3, 0.4) is 0 Å². The molecule has 0 fully saturated rings. The van der Waals surface area contributed by atoms with E-state index in [2.05, 4.69) is 5.10 Å². The highest BCUT2D eigenvalue weighted by Gasteiger charge is 2.04. The van der Waals surface area contributed by atoms with Crippen LogP contribution < -0.4 is 5.73 Å². The predicted molar refractivity (Wildman–Crippen MR) is 69.0 cm³/mol. The molecule has 0 aliphatic heterocycles. The first kappa shape index (κ1) is 13.5. The van der Waals surface area contributed by atoms with E-state index in [0.717, 1.165) is 17.2 Å². The second-order valence-electron chi connectivity index (χ2n) is 3.26. The molecule has 3 N–H and O–H groups in total. The van der Waals surface area contributed by atoms with E-state index >= 15 is 0 Å². The molecule has 0 unspecified atom stereocenters. The van der Waals surface area contributed by atoms with Crippen molar-refractivity contribution in [2.75, 3.05) is 6.61 Å². The summed E-state index contributed by atoms with van der Waals surface area (Å²) in [5.41, 5.74) is 6.05. The van der Waals surface area contributed by atoms with Gasteiger partial charge < -0.3 is 5.73 Å². The highest BCUT2D eigenvalue weighted by molar-refractivity contribution is 6.33. The summed E-state index contributed by atoms with van der Waals surface area (Å²) in [6.45, 7) is 2.40. The number of rotatable bonds is 5. The van der Waals surface area contributed by atoms with Crippen molar-refractivity contribution in [2.24, 2.45) is 10.8 Å². The minimum atomic E-state index is -0.276. The van der Waals surface area contributed by atoms with Gasteiger partial charge in [0.2, 0.25) is 5.96 Å². The Morgan fingerprint density at radius 3 is 2.88 bits per heavy atom. The predicted octanol–water partition coefficient (Wildman–Crippen LogP) is 2.21. The molecule has 0 amide bonds. The summed E-state index contributed by atoms with van der Waals surface area (Å²) >= 11 is 5.96. The number of hydroxylamine groups is 1. The number of benzene rings is 1. The van der Waals surface area contributed by atoms with Crippen LogP contribution in [0.5, 0.6) is 0 Å². The molecule has 0 bridgehead atoms. The van der Waals surface area contributed by atoms with Crippen LogP contribution in [-0.4, -0.2) is 24.0 Å². The molecule has 0 aliphatic rings. The molecule has 1 rings (SSSR count). The van der Waals surface area contributed by atoms with E-state index in [9.17, 15) is 0 Å². The number of hydrogen-bond donors (Lipinski definition) is 2. The lowest BCUT2D eigenvalue weighted by molar-refractivity contribution is -0.0995. The van der Waals surface area contributed by atoms with Gasteiger partial charge in [0.15, 0.2) is 0 Å². The molecule has 6 heteroatoms. The molecule has 0 spiro atoms. The standard InChI is InChI=1S/C11H15ClN4O/c1-2-7-17-16(11(13)14)15-8-9-5-3-4-6-10(9)12/h3-6,8H,2,7H2,1H3,(H3,13,14)/b15-8+. The number of hydrogen-bond acceptors (Lipinski definition) is 3. The van der Waals surface area contributed by atoms with Crippen LogP contribution in [0.15, 0.2) is 29.4 Å². The highest BCUT2D eigenvalue weighted by atomic mass is 35.5. The maximum atomic E-state index is 7.28. The van der Waals surface area contributed by atoms with Gasteiger partial charge in [-0.1, -0.05) is 36.7 Å². The van der Waals surface area contributed by atoms with E-state index in [1.807, 2.05) is 25.1 Å². The Kier molecular flexibility index (Phi) is 5.45. The Morgan fingerprint density at radius 2 is 2.29 bits per heavy atom. The smallest absolute Gasteiger partial charge is 0.236 e. The summed E-state index contributed by atoms with van der Waals surface area (Å²) in [5.74, 6) is -0.276. The van der Waals surface area contributed by atoms with Crippen LogP contribution in [-0.2, 0) is 4.84 Å². The van der Waals surface area contributed by atoms with Gasteiger partial charge in [0.25, 0.3) is 0 Å². The SMILES string of the molecule is CCCON(/N=C/c1ccccc1Cl)C(=N)N. The third-order valence-corrected chi connectivity index (χ3v) is 2.17. The van der Waals surface area contributed by atoms with E-state index in [-0.39, 0.29) is 5.96 Å². The molecule has 92 valence electrons. The van der Waals surface area contributed by atoms with Crippen LogP contribution in [0.4, 0.5) is 0 Å². The average Bonchev–Trinajstić information content (AvgIpc) is 2.31. The first-order valence-electron chi connectivity index (χ1n) is 5.20. The second kappa shape index (κ2) is 6.88. The van der Waals surface area contributed by atoms with E-state index in [1.54, 1.807) is 6.07 Å². The van der Waals surface area contributed by atoms with Gasteiger partial charge in [-0.15, -0.1) is 5.17 Å². The van der Waals surface area contributed by atoms with Gasteiger partial charge in [-0.05, 0) is 12.5 Å². The third-order valence-electron chi connectivity index (χ3n) is 1.83. The van der Waals surface area contributed by atoms with Crippen LogP contribution in [0.25, 0.3) is 0 Å². The average molecular weight is 255 g/mol. The van der Waals surface area contributed by atoms with E-state index < -0.39 is 0 Å². The van der Waals surface area contributed by atoms with Crippen LogP contribution >= 0.6 is 11.6 Å². The molecule has 0 saturated heterocycles. The number of hydrazone groups is 1. The third kappa shape index (κ3) is 4.42. The molecule has 0 aromatic heterocycles. The van der Waals surface area contributed by atoms with Gasteiger partial charge in [0.05, 0.1) is 12.8 Å². The fraction of sp³-hybridized carbons (Fsp3) is 0.273. The number of guanidine groups is 1. The fourth-order valence-corrected chi connectivity index (χ4v) is 1.22. The van der Waals surface area contributed by atoms with Crippen molar-refractivity contribution >= 4 is 23.8 Å². The molecule has 0 heterocycles. The summed E-state index contributed by atoms with van der Waals surface area (Å²) in [5, 5.41) is 12.8. The van der Waals surface area contributed by atoms with Crippen molar-refractivity contribution in [1.82, 2.24) is 5.17 Å².